The van der Waals surface area contributed by atoms with E-state index in [0.29, 0.717) is 22.6 Å². The fourth-order valence-electron chi connectivity index (χ4n) is 3.41. The van der Waals surface area contributed by atoms with Crippen LogP contribution in [0.5, 0.6) is 11.5 Å². The number of aromatic nitrogens is 4. The van der Waals surface area contributed by atoms with Gasteiger partial charge in [0.05, 0.1) is 27.1 Å². The van der Waals surface area contributed by atoms with Gasteiger partial charge in [-0.2, -0.15) is 13.2 Å². The number of aromatic amines is 1. The Labute approximate surface area is 156 Å². The Morgan fingerprint density at radius 2 is 1.89 bits per heavy atom. The number of rotatable bonds is 3. The largest absolute Gasteiger partial charge is 0.496 e. The third kappa shape index (κ3) is 2.87. The first-order valence-corrected chi connectivity index (χ1v) is 8.28. The summed E-state index contributed by atoms with van der Waals surface area (Å²) in [6.07, 6.45) is -4.49. The third-order valence-electron chi connectivity index (χ3n) is 4.61. The number of methoxy groups -OCH3 is 2. The summed E-state index contributed by atoms with van der Waals surface area (Å²) >= 11 is 0. The lowest BCUT2D eigenvalue weighted by atomic mass is 9.95. The molecule has 0 amide bonds. The maximum Gasteiger partial charge on any atom is 0.451 e. The van der Waals surface area contributed by atoms with Crippen molar-refractivity contribution in [3.63, 3.8) is 0 Å². The van der Waals surface area contributed by atoms with Crippen molar-refractivity contribution in [2.75, 3.05) is 25.7 Å². The summed E-state index contributed by atoms with van der Waals surface area (Å²) in [5.41, 5.74) is 1.31. The van der Waals surface area contributed by atoms with Gasteiger partial charge in [0.25, 0.3) is 0 Å². The fourth-order valence-corrected chi connectivity index (χ4v) is 3.41. The Morgan fingerprint density at radius 1 is 1.18 bits per heavy atom. The molecule has 28 heavy (non-hydrogen) atoms. The Hall–Kier alpha value is -3.08. The van der Waals surface area contributed by atoms with Gasteiger partial charge in [-0.05, 0) is 12.1 Å². The second-order valence-electron chi connectivity index (χ2n) is 6.23. The van der Waals surface area contributed by atoms with E-state index in [1.54, 1.807) is 12.1 Å². The van der Waals surface area contributed by atoms with Gasteiger partial charge in [-0.25, -0.2) is 15.0 Å². The lowest BCUT2D eigenvalue weighted by Crippen LogP contribution is -2.35. The molecule has 2 N–H and O–H groups in total. The van der Waals surface area contributed by atoms with Crippen molar-refractivity contribution in [1.29, 1.82) is 0 Å². The molecule has 3 heterocycles. The molecule has 0 radical (unpaired) electrons. The first kappa shape index (κ1) is 18.3. The van der Waals surface area contributed by atoms with Crippen molar-refractivity contribution < 1.29 is 27.8 Å². The van der Waals surface area contributed by atoms with Crippen molar-refractivity contribution in [2.24, 2.45) is 0 Å². The van der Waals surface area contributed by atoms with E-state index in [1.165, 1.54) is 25.4 Å². The van der Waals surface area contributed by atoms with Crippen LogP contribution in [0.3, 0.4) is 0 Å². The number of imidazole rings is 1. The van der Waals surface area contributed by atoms with Crippen molar-refractivity contribution in [3.05, 3.63) is 35.4 Å². The number of nitrogens with one attached hydrogen (secondary N) is 1. The third-order valence-corrected chi connectivity index (χ3v) is 4.61. The number of aliphatic hydroxyl groups excluding tert-OH is 1. The van der Waals surface area contributed by atoms with Crippen LogP contribution in [0, 0.1) is 0 Å². The standard InChI is InChI=1S/C17H16F3N5O3/c1-27-10-3-4-11(28-2)12-8(10)5-25(6-9(12)26)15-13-14(22-7-21-13)23-16(24-15)17(18,19)20/h3-4,7,9,26H,5-6H2,1-2H3,(H,21,22,23,24). The molecule has 0 saturated heterocycles. The zero-order valence-corrected chi connectivity index (χ0v) is 14.9. The van der Waals surface area contributed by atoms with Gasteiger partial charge in [0, 0.05) is 17.7 Å². The summed E-state index contributed by atoms with van der Waals surface area (Å²) < 4.78 is 50.4. The average molecular weight is 395 g/mol. The van der Waals surface area contributed by atoms with Crippen LogP contribution in [0.1, 0.15) is 23.1 Å². The predicted molar refractivity (Wildman–Crippen MR) is 92.2 cm³/mol. The maximum atomic E-state index is 13.2. The Kier molecular flexibility index (Phi) is 4.26. The first-order chi connectivity index (χ1) is 13.3. The predicted octanol–water partition coefficient (Wildman–Crippen LogP) is 2.44. The molecule has 1 unspecified atom stereocenters. The highest BCUT2D eigenvalue weighted by Gasteiger charge is 2.38. The molecule has 1 aliphatic heterocycles. The monoisotopic (exact) mass is 395 g/mol. The summed E-state index contributed by atoms with van der Waals surface area (Å²) in [7, 11) is 2.96. The number of β-amino-alcohol motifs (C(OH)–C–C–N with tert-alkyl or cyclic N) is 1. The Bertz CT molecular complexity index is 1040. The molecule has 0 bridgehead atoms. The number of hydrogen-bond acceptors (Lipinski definition) is 7. The molecule has 2 aromatic heterocycles. The van der Waals surface area contributed by atoms with Crippen LogP contribution in [-0.4, -0.2) is 45.8 Å². The Morgan fingerprint density at radius 3 is 2.57 bits per heavy atom. The van der Waals surface area contributed by atoms with Crippen LogP contribution in [-0.2, 0) is 12.7 Å². The van der Waals surface area contributed by atoms with E-state index in [4.69, 9.17) is 9.47 Å². The zero-order valence-electron chi connectivity index (χ0n) is 14.9. The number of fused-ring (bicyclic) bond motifs is 2. The van der Waals surface area contributed by atoms with Crippen LogP contribution in [0.15, 0.2) is 18.5 Å². The van der Waals surface area contributed by atoms with Gasteiger partial charge in [-0.15, -0.1) is 0 Å². The van der Waals surface area contributed by atoms with Crippen molar-refractivity contribution in [2.45, 2.75) is 18.8 Å². The highest BCUT2D eigenvalue weighted by atomic mass is 19.4. The number of benzene rings is 1. The van der Waals surface area contributed by atoms with Gasteiger partial charge in [-0.1, -0.05) is 0 Å². The number of ether oxygens (including phenoxy) is 2. The molecule has 8 nitrogen and oxygen atoms in total. The number of nitrogens with zero attached hydrogens (tertiary/aromatic N) is 4. The SMILES string of the molecule is COc1ccc(OC)c2c1CN(c1nc(C(F)(F)F)nc3nc[nH]c13)CC2O. The van der Waals surface area contributed by atoms with Crippen LogP contribution in [0.25, 0.3) is 11.2 Å². The van der Waals surface area contributed by atoms with Crippen LogP contribution >= 0.6 is 0 Å². The number of hydrogen-bond donors (Lipinski definition) is 2. The molecule has 3 aromatic rings. The minimum atomic E-state index is -4.73. The summed E-state index contributed by atoms with van der Waals surface area (Å²) in [6, 6.07) is 3.36. The summed E-state index contributed by atoms with van der Waals surface area (Å²) in [5, 5.41) is 10.7. The molecule has 1 aliphatic rings. The van der Waals surface area contributed by atoms with Crippen LogP contribution in [0.2, 0.25) is 0 Å². The second kappa shape index (κ2) is 6.51. The molecule has 11 heteroatoms. The molecule has 1 aromatic carbocycles. The molecule has 0 aliphatic carbocycles. The average Bonchev–Trinajstić information content (AvgIpc) is 3.14. The molecule has 0 fully saturated rings. The zero-order chi connectivity index (χ0) is 20.1. The number of halogens is 3. The number of aliphatic hydroxyl groups is 1. The van der Waals surface area contributed by atoms with Crippen molar-refractivity contribution in [1.82, 2.24) is 19.9 Å². The molecule has 1 atom stereocenters. The lowest BCUT2D eigenvalue weighted by Gasteiger charge is -2.34. The normalized spacial score (nSPS) is 16.9. The van der Waals surface area contributed by atoms with E-state index in [1.807, 2.05) is 0 Å². The van der Waals surface area contributed by atoms with Gasteiger partial charge in [0.15, 0.2) is 11.5 Å². The second-order valence-corrected chi connectivity index (χ2v) is 6.23. The minimum Gasteiger partial charge on any atom is -0.496 e. The van der Waals surface area contributed by atoms with Crippen LogP contribution < -0.4 is 14.4 Å². The van der Waals surface area contributed by atoms with E-state index in [9.17, 15) is 18.3 Å². The fraction of sp³-hybridized carbons (Fsp3) is 0.353. The molecular formula is C17H16F3N5O3. The lowest BCUT2D eigenvalue weighted by molar-refractivity contribution is -0.144. The van der Waals surface area contributed by atoms with Gasteiger partial charge in [-0.3, -0.25) is 0 Å². The van der Waals surface area contributed by atoms with E-state index >= 15 is 0 Å². The molecule has 148 valence electrons. The topological polar surface area (TPSA) is 96.4 Å². The molecule has 0 saturated carbocycles. The van der Waals surface area contributed by atoms with Crippen molar-refractivity contribution >= 4 is 17.0 Å². The van der Waals surface area contributed by atoms with Crippen LogP contribution in [0.4, 0.5) is 19.0 Å². The summed E-state index contributed by atoms with van der Waals surface area (Å²) in [4.78, 5) is 15.3. The van der Waals surface area contributed by atoms with Gasteiger partial charge in [0.1, 0.15) is 23.1 Å². The number of H-pyrrole nitrogens is 1. The van der Waals surface area contributed by atoms with E-state index in [-0.39, 0.29) is 30.1 Å². The van der Waals surface area contributed by atoms with E-state index in [0.717, 1.165) is 0 Å². The van der Waals surface area contributed by atoms with Gasteiger partial charge >= 0.3 is 6.18 Å². The number of alkyl halides is 3. The quantitative estimate of drug-likeness (QED) is 0.703. The van der Waals surface area contributed by atoms with Gasteiger partial charge in [0.2, 0.25) is 5.82 Å². The number of anilines is 1. The smallest absolute Gasteiger partial charge is 0.451 e. The first-order valence-electron chi connectivity index (χ1n) is 8.28. The highest BCUT2D eigenvalue weighted by molar-refractivity contribution is 5.83. The van der Waals surface area contributed by atoms with E-state index in [2.05, 4.69) is 19.9 Å². The molecule has 0 spiro atoms. The summed E-state index contributed by atoms with van der Waals surface area (Å²) in [5.74, 6) is -0.316. The maximum absolute atomic E-state index is 13.2. The van der Waals surface area contributed by atoms with E-state index < -0.39 is 18.1 Å². The van der Waals surface area contributed by atoms with Gasteiger partial charge < -0.3 is 24.5 Å². The van der Waals surface area contributed by atoms with Crippen molar-refractivity contribution in [3.8, 4) is 11.5 Å². The highest BCUT2D eigenvalue weighted by Crippen LogP contribution is 2.41. The minimum absolute atomic E-state index is 0.00407. The Balaban J connectivity index is 1.86. The summed E-state index contributed by atoms with van der Waals surface area (Å²) in [6.45, 7) is 0.175. The molecule has 4 rings (SSSR count). The molecular weight excluding hydrogens is 379 g/mol.